The van der Waals surface area contributed by atoms with E-state index in [1.165, 1.54) is 19.3 Å². The molecule has 4 nitrogen and oxygen atoms in total. The van der Waals surface area contributed by atoms with Crippen LogP contribution in [0.2, 0.25) is 0 Å². The van der Waals surface area contributed by atoms with E-state index in [1.54, 1.807) is 0 Å². The molecule has 0 bridgehead atoms. The van der Waals surface area contributed by atoms with Gasteiger partial charge in [-0.15, -0.1) is 0 Å². The summed E-state index contributed by atoms with van der Waals surface area (Å²) in [4.78, 5) is 10.3. The van der Waals surface area contributed by atoms with Gasteiger partial charge in [-0.1, -0.05) is 45.4 Å². The zero-order valence-corrected chi connectivity index (χ0v) is 10.1. The molecular formula is C12H24O4. The first-order chi connectivity index (χ1) is 7.57. The van der Waals surface area contributed by atoms with Gasteiger partial charge < -0.3 is 15.3 Å². The highest BCUT2D eigenvalue weighted by Crippen LogP contribution is 2.11. The lowest BCUT2D eigenvalue weighted by molar-refractivity contribution is -0.141. The summed E-state index contributed by atoms with van der Waals surface area (Å²) in [5.74, 6) is -1.07. The zero-order valence-electron chi connectivity index (χ0n) is 10.1. The fourth-order valence-corrected chi connectivity index (χ4v) is 1.64. The average molecular weight is 232 g/mol. The second-order valence-corrected chi connectivity index (χ2v) is 4.29. The molecular weight excluding hydrogens is 208 g/mol. The lowest BCUT2D eigenvalue weighted by atomic mass is 10.0. The first-order valence-corrected chi connectivity index (χ1v) is 6.15. The normalized spacial score (nSPS) is 14.7. The molecule has 0 aliphatic carbocycles. The first kappa shape index (κ1) is 15.4. The van der Waals surface area contributed by atoms with Crippen LogP contribution in [0.5, 0.6) is 0 Å². The lowest BCUT2D eigenvalue weighted by Crippen LogP contribution is -2.28. The zero-order chi connectivity index (χ0) is 12.4. The van der Waals surface area contributed by atoms with Crippen molar-refractivity contribution in [3.8, 4) is 0 Å². The predicted molar refractivity (Wildman–Crippen MR) is 62.3 cm³/mol. The molecule has 0 rings (SSSR count). The van der Waals surface area contributed by atoms with Crippen LogP contribution in [0.3, 0.4) is 0 Å². The molecule has 0 spiro atoms. The molecule has 0 fully saturated rings. The predicted octanol–water partition coefficient (Wildman–Crippen LogP) is 1.93. The molecule has 0 aliphatic rings. The quantitative estimate of drug-likeness (QED) is 0.503. The molecule has 2 atom stereocenters. The molecule has 0 aromatic rings. The Balaban J connectivity index is 3.42. The van der Waals surface area contributed by atoms with Crippen LogP contribution >= 0.6 is 0 Å². The second kappa shape index (κ2) is 9.60. The van der Waals surface area contributed by atoms with Crippen molar-refractivity contribution in [2.24, 2.45) is 0 Å². The van der Waals surface area contributed by atoms with Gasteiger partial charge in [0.2, 0.25) is 0 Å². The smallest absolute Gasteiger partial charge is 0.306 e. The molecule has 0 saturated carbocycles. The molecule has 0 unspecified atom stereocenters. The first-order valence-electron chi connectivity index (χ1n) is 6.15. The molecule has 0 radical (unpaired) electrons. The molecule has 0 amide bonds. The van der Waals surface area contributed by atoms with Gasteiger partial charge in [0.1, 0.15) is 0 Å². The van der Waals surface area contributed by atoms with Crippen LogP contribution in [0.15, 0.2) is 0 Å². The van der Waals surface area contributed by atoms with E-state index >= 15 is 0 Å². The summed E-state index contributed by atoms with van der Waals surface area (Å²) in [5, 5.41) is 27.2. The highest BCUT2D eigenvalue weighted by atomic mass is 16.4. The molecule has 0 saturated heterocycles. The SMILES string of the molecule is CCCCCCCC[C@H](O)[C@@H](O)CC(=O)O. The Labute approximate surface area is 97.3 Å². The van der Waals surface area contributed by atoms with Crippen LogP contribution in [0.4, 0.5) is 0 Å². The van der Waals surface area contributed by atoms with Crippen molar-refractivity contribution in [3.05, 3.63) is 0 Å². The van der Waals surface area contributed by atoms with Gasteiger partial charge >= 0.3 is 5.97 Å². The van der Waals surface area contributed by atoms with Gasteiger partial charge in [-0.3, -0.25) is 4.79 Å². The molecule has 3 N–H and O–H groups in total. The van der Waals surface area contributed by atoms with Crippen molar-refractivity contribution in [2.45, 2.75) is 70.5 Å². The summed E-state index contributed by atoms with van der Waals surface area (Å²) in [6.07, 6.45) is 4.77. The van der Waals surface area contributed by atoms with Gasteiger partial charge in [-0.2, -0.15) is 0 Å². The summed E-state index contributed by atoms with van der Waals surface area (Å²) in [6, 6.07) is 0. The highest BCUT2D eigenvalue weighted by Gasteiger charge is 2.18. The minimum absolute atomic E-state index is 0.378. The number of aliphatic hydroxyl groups is 2. The number of hydrogen-bond donors (Lipinski definition) is 3. The van der Waals surface area contributed by atoms with Gasteiger partial charge in [0, 0.05) is 0 Å². The van der Waals surface area contributed by atoms with E-state index in [0.29, 0.717) is 6.42 Å². The maximum absolute atomic E-state index is 10.3. The van der Waals surface area contributed by atoms with Gasteiger partial charge in [0.15, 0.2) is 0 Å². The van der Waals surface area contributed by atoms with E-state index in [-0.39, 0.29) is 6.42 Å². The van der Waals surface area contributed by atoms with E-state index in [0.717, 1.165) is 19.3 Å². The van der Waals surface area contributed by atoms with Crippen molar-refractivity contribution in [1.29, 1.82) is 0 Å². The standard InChI is InChI=1S/C12H24O4/c1-2-3-4-5-6-7-8-10(13)11(14)9-12(15)16/h10-11,13-14H,2-9H2,1H3,(H,15,16)/t10-,11-/m0/s1. The fourth-order valence-electron chi connectivity index (χ4n) is 1.64. The Morgan fingerprint density at radius 1 is 1.00 bits per heavy atom. The molecule has 0 heterocycles. The Bertz CT molecular complexity index is 182. The fraction of sp³-hybridized carbons (Fsp3) is 0.917. The van der Waals surface area contributed by atoms with Crippen LogP contribution < -0.4 is 0 Å². The Hall–Kier alpha value is -0.610. The Kier molecular flexibility index (Phi) is 9.24. The minimum atomic E-state index is -1.13. The van der Waals surface area contributed by atoms with Crippen molar-refractivity contribution in [2.75, 3.05) is 0 Å². The van der Waals surface area contributed by atoms with Gasteiger partial charge in [0.25, 0.3) is 0 Å². The van der Waals surface area contributed by atoms with E-state index in [1.807, 2.05) is 0 Å². The number of carbonyl (C=O) groups is 1. The number of aliphatic carboxylic acids is 1. The number of aliphatic hydroxyl groups excluding tert-OH is 2. The van der Waals surface area contributed by atoms with Crippen molar-refractivity contribution < 1.29 is 20.1 Å². The van der Waals surface area contributed by atoms with E-state index in [4.69, 9.17) is 5.11 Å². The van der Waals surface area contributed by atoms with Crippen LogP contribution in [0.1, 0.15) is 58.3 Å². The highest BCUT2D eigenvalue weighted by molar-refractivity contribution is 5.67. The molecule has 0 aromatic carbocycles. The van der Waals surface area contributed by atoms with Crippen LogP contribution in [-0.4, -0.2) is 33.5 Å². The van der Waals surface area contributed by atoms with Gasteiger partial charge in [-0.25, -0.2) is 0 Å². The minimum Gasteiger partial charge on any atom is -0.481 e. The summed E-state index contributed by atoms with van der Waals surface area (Å²) in [5.41, 5.74) is 0. The third kappa shape index (κ3) is 8.68. The van der Waals surface area contributed by atoms with Crippen LogP contribution in [-0.2, 0) is 4.79 Å². The topological polar surface area (TPSA) is 77.8 Å². The molecule has 0 aliphatic heterocycles. The summed E-state index contributed by atoms with van der Waals surface area (Å²) >= 11 is 0. The number of hydrogen-bond acceptors (Lipinski definition) is 3. The van der Waals surface area contributed by atoms with E-state index in [2.05, 4.69) is 6.92 Å². The lowest BCUT2D eigenvalue weighted by Gasteiger charge is -2.15. The Morgan fingerprint density at radius 3 is 2.12 bits per heavy atom. The number of carboxylic acid groups (broad SMARTS) is 1. The van der Waals surface area contributed by atoms with Gasteiger partial charge in [-0.05, 0) is 6.42 Å². The summed E-state index contributed by atoms with van der Waals surface area (Å²) < 4.78 is 0. The van der Waals surface area contributed by atoms with Gasteiger partial charge in [0.05, 0.1) is 18.6 Å². The molecule has 96 valence electrons. The summed E-state index contributed by atoms with van der Waals surface area (Å²) in [7, 11) is 0. The maximum Gasteiger partial charge on any atom is 0.306 e. The third-order valence-electron chi connectivity index (χ3n) is 2.68. The summed E-state index contributed by atoms with van der Waals surface area (Å²) in [6.45, 7) is 2.16. The second-order valence-electron chi connectivity index (χ2n) is 4.29. The Morgan fingerprint density at radius 2 is 1.56 bits per heavy atom. The van der Waals surface area contributed by atoms with Crippen LogP contribution in [0.25, 0.3) is 0 Å². The van der Waals surface area contributed by atoms with E-state index < -0.39 is 18.2 Å². The number of unbranched alkanes of at least 4 members (excludes halogenated alkanes) is 5. The third-order valence-corrected chi connectivity index (χ3v) is 2.68. The molecule has 0 aromatic heterocycles. The average Bonchev–Trinajstić information content (AvgIpc) is 2.21. The molecule has 4 heteroatoms. The van der Waals surface area contributed by atoms with Crippen molar-refractivity contribution >= 4 is 5.97 Å². The van der Waals surface area contributed by atoms with Crippen LogP contribution in [0, 0.1) is 0 Å². The van der Waals surface area contributed by atoms with Crippen molar-refractivity contribution in [1.82, 2.24) is 0 Å². The monoisotopic (exact) mass is 232 g/mol. The maximum atomic E-state index is 10.3. The number of carboxylic acids is 1. The van der Waals surface area contributed by atoms with E-state index in [9.17, 15) is 15.0 Å². The number of rotatable bonds is 10. The largest absolute Gasteiger partial charge is 0.481 e. The molecule has 16 heavy (non-hydrogen) atoms. The van der Waals surface area contributed by atoms with Crippen molar-refractivity contribution in [3.63, 3.8) is 0 Å².